The van der Waals surface area contributed by atoms with E-state index in [1.807, 2.05) is 37.3 Å². The summed E-state index contributed by atoms with van der Waals surface area (Å²) in [5.41, 5.74) is 2.85. The third-order valence-electron chi connectivity index (χ3n) is 2.74. The van der Waals surface area contributed by atoms with E-state index in [0.717, 1.165) is 22.2 Å². The number of aromatic nitrogens is 1. The number of pyridine rings is 1. The fourth-order valence-corrected chi connectivity index (χ4v) is 2.83. The minimum atomic E-state index is -1.74. The van der Waals surface area contributed by atoms with Crippen LogP contribution in [-0.2, 0) is 4.43 Å². The molecule has 0 amide bonds. The maximum atomic E-state index is 9.29. The van der Waals surface area contributed by atoms with E-state index in [2.05, 4.69) is 30.7 Å². The van der Waals surface area contributed by atoms with Gasteiger partial charge in [-0.3, -0.25) is 4.98 Å². The number of aryl methyl sites for hydroxylation is 1. The van der Waals surface area contributed by atoms with Gasteiger partial charge in [0.2, 0.25) is 0 Å². The molecule has 0 radical (unpaired) electrons. The van der Waals surface area contributed by atoms with Gasteiger partial charge in [0, 0.05) is 11.1 Å². The first-order valence-electron chi connectivity index (χ1n) is 6.34. The monoisotopic (exact) mass is 270 g/mol. The van der Waals surface area contributed by atoms with Crippen LogP contribution in [0.1, 0.15) is 17.4 Å². The Kier molecular flexibility index (Phi) is 3.70. The Morgan fingerprint density at radius 3 is 2.58 bits per heavy atom. The van der Waals surface area contributed by atoms with Crippen molar-refractivity contribution in [1.82, 2.24) is 4.98 Å². The van der Waals surface area contributed by atoms with E-state index >= 15 is 0 Å². The molecule has 1 atom stereocenters. The van der Waals surface area contributed by atoms with Gasteiger partial charge < -0.3 is 4.43 Å². The van der Waals surface area contributed by atoms with E-state index < -0.39 is 14.4 Å². The smallest absolute Gasteiger partial charge is 0.186 e. The van der Waals surface area contributed by atoms with Crippen LogP contribution in [0.2, 0.25) is 19.6 Å². The van der Waals surface area contributed by atoms with Crippen molar-refractivity contribution in [3.05, 3.63) is 41.6 Å². The van der Waals surface area contributed by atoms with Gasteiger partial charge >= 0.3 is 0 Å². The molecule has 0 aliphatic rings. The fraction of sp³-hybridized carbons (Fsp3) is 0.333. The summed E-state index contributed by atoms with van der Waals surface area (Å²) in [6.07, 6.45) is -0.489. The molecule has 3 nitrogen and oxygen atoms in total. The minimum absolute atomic E-state index is 0.489. The lowest BCUT2D eigenvalue weighted by atomic mass is 10.1. The van der Waals surface area contributed by atoms with Crippen molar-refractivity contribution < 1.29 is 4.43 Å². The van der Waals surface area contributed by atoms with Crippen LogP contribution < -0.4 is 0 Å². The Bertz CT molecular complexity index is 641. The molecule has 2 rings (SSSR count). The molecule has 2 aromatic rings. The lowest BCUT2D eigenvalue weighted by Crippen LogP contribution is -2.27. The highest BCUT2D eigenvalue weighted by Gasteiger charge is 2.22. The van der Waals surface area contributed by atoms with Crippen LogP contribution in [0.5, 0.6) is 0 Å². The standard InChI is InChI=1S/C15H18N2OSi/c1-11-5-6-12-9-13(7-8-14(12)17-11)15(10-16)18-19(2,3)4/h5-9,15H,1-4H3. The summed E-state index contributed by atoms with van der Waals surface area (Å²) < 4.78 is 5.90. The van der Waals surface area contributed by atoms with Crippen LogP contribution in [0.15, 0.2) is 30.3 Å². The highest BCUT2D eigenvalue weighted by Crippen LogP contribution is 2.24. The van der Waals surface area contributed by atoms with Gasteiger partial charge in [0.15, 0.2) is 14.4 Å². The first-order chi connectivity index (χ1) is 8.89. The first kappa shape index (κ1) is 13.7. The van der Waals surface area contributed by atoms with Crippen molar-refractivity contribution in [2.45, 2.75) is 32.7 Å². The van der Waals surface area contributed by atoms with E-state index in [1.165, 1.54) is 0 Å². The SMILES string of the molecule is Cc1ccc2cc(C(C#N)O[Si](C)(C)C)ccc2n1. The highest BCUT2D eigenvalue weighted by molar-refractivity contribution is 6.69. The predicted octanol–water partition coefficient (Wildman–Crippen LogP) is 3.96. The molecule has 1 aromatic heterocycles. The number of hydrogen-bond acceptors (Lipinski definition) is 3. The summed E-state index contributed by atoms with van der Waals surface area (Å²) in [5, 5.41) is 10.3. The summed E-state index contributed by atoms with van der Waals surface area (Å²) >= 11 is 0. The maximum Gasteiger partial charge on any atom is 0.186 e. The minimum Gasteiger partial charge on any atom is -0.399 e. The summed E-state index contributed by atoms with van der Waals surface area (Å²) in [6, 6.07) is 12.1. The van der Waals surface area contributed by atoms with Crippen LogP contribution in [0.25, 0.3) is 10.9 Å². The molecule has 0 N–H and O–H groups in total. The highest BCUT2D eigenvalue weighted by atomic mass is 28.4. The molecule has 0 spiro atoms. The Morgan fingerprint density at radius 2 is 1.95 bits per heavy atom. The normalized spacial score (nSPS) is 13.2. The average molecular weight is 270 g/mol. The van der Waals surface area contributed by atoms with Crippen LogP contribution in [-0.4, -0.2) is 13.3 Å². The zero-order valence-corrected chi connectivity index (χ0v) is 12.8. The number of hydrogen-bond donors (Lipinski definition) is 0. The molecule has 0 bridgehead atoms. The van der Waals surface area contributed by atoms with Crippen LogP contribution in [0, 0.1) is 18.3 Å². The van der Waals surface area contributed by atoms with Gasteiger partial charge in [-0.25, -0.2) is 0 Å². The van der Waals surface area contributed by atoms with E-state index in [4.69, 9.17) is 4.43 Å². The maximum absolute atomic E-state index is 9.29. The molecular formula is C15H18N2OSi. The Morgan fingerprint density at radius 1 is 1.21 bits per heavy atom. The van der Waals surface area contributed by atoms with Crippen molar-refractivity contribution in [2.24, 2.45) is 0 Å². The molecule has 0 saturated carbocycles. The molecule has 1 unspecified atom stereocenters. The zero-order chi connectivity index (χ0) is 14.0. The lowest BCUT2D eigenvalue weighted by molar-refractivity contribution is 0.255. The average Bonchev–Trinajstić information content (AvgIpc) is 2.34. The quantitative estimate of drug-likeness (QED) is 0.793. The van der Waals surface area contributed by atoms with E-state index in [1.54, 1.807) is 0 Å². The Labute approximate surface area is 115 Å². The molecule has 19 heavy (non-hydrogen) atoms. The zero-order valence-electron chi connectivity index (χ0n) is 11.8. The second kappa shape index (κ2) is 5.12. The molecule has 0 fully saturated rings. The van der Waals surface area contributed by atoms with E-state index in [9.17, 15) is 5.26 Å². The summed E-state index contributed by atoms with van der Waals surface area (Å²) in [6.45, 7) is 8.23. The van der Waals surface area contributed by atoms with E-state index in [0.29, 0.717) is 0 Å². The van der Waals surface area contributed by atoms with Gasteiger partial charge in [-0.1, -0.05) is 12.1 Å². The van der Waals surface area contributed by atoms with E-state index in [-0.39, 0.29) is 0 Å². The molecule has 0 aliphatic heterocycles. The number of fused-ring (bicyclic) bond motifs is 1. The second-order valence-corrected chi connectivity index (χ2v) is 10.1. The molecular weight excluding hydrogens is 252 g/mol. The molecule has 0 aliphatic carbocycles. The number of nitrogens with zero attached hydrogens (tertiary/aromatic N) is 2. The molecule has 0 saturated heterocycles. The van der Waals surface area contributed by atoms with Crippen LogP contribution in [0.4, 0.5) is 0 Å². The van der Waals surface area contributed by atoms with Gasteiger partial charge in [0.1, 0.15) is 0 Å². The van der Waals surface area contributed by atoms with Crippen molar-refractivity contribution in [3.63, 3.8) is 0 Å². The largest absolute Gasteiger partial charge is 0.399 e. The lowest BCUT2D eigenvalue weighted by Gasteiger charge is -2.22. The van der Waals surface area contributed by atoms with Crippen molar-refractivity contribution >= 4 is 19.2 Å². The molecule has 4 heteroatoms. The van der Waals surface area contributed by atoms with Gasteiger partial charge in [0.05, 0.1) is 11.6 Å². The van der Waals surface area contributed by atoms with Crippen LogP contribution in [0.3, 0.4) is 0 Å². The van der Waals surface area contributed by atoms with Crippen LogP contribution >= 0.6 is 0 Å². The Hall–Kier alpha value is -1.70. The van der Waals surface area contributed by atoms with Crippen molar-refractivity contribution in [1.29, 1.82) is 5.26 Å². The number of nitriles is 1. The number of rotatable bonds is 3. The topological polar surface area (TPSA) is 45.9 Å². The van der Waals surface area contributed by atoms with Gasteiger partial charge in [-0.15, -0.1) is 0 Å². The Balaban J connectivity index is 2.39. The predicted molar refractivity (Wildman–Crippen MR) is 79.3 cm³/mol. The van der Waals surface area contributed by atoms with Crippen molar-refractivity contribution in [2.75, 3.05) is 0 Å². The van der Waals surface area contributed by atoms with Crippen molar-refractivity contribution in [3.8, 4) is 6.07 Å². The summed E-state index contributed by atoms with van der Waals surface area (Å²) in [4.78, 5) is 4.46. The van der Waals surface area contributed by atoms with Gasteiger partial charge in [-0.2, -0.15) is 5.26 Å². The number of benzene rings is 1. The fourth-order valence-electron chi connectivity index (χ4n) is 1.93. The third kappa shape index (κ3) is 3.40. The molecule has 1 aromatic carbocycles. The third-order valence-corrected chi connectivity index (χ3v) is 3.69. The summed E-state index contributed by atoms with van der Waals surface area (Å²) in [5.74, 6) is 0. The van der Waals surface area contributed by atoms with Gasteiger partial charge in [0.25, 0.3) is 0 Å². The molecule has 1 heterocycles. The summed E-state index contributed by atoms with van der Waals surface area (Å²) in [7, 11) is -1.74. The van der Waals surface area contributed by atoms with Gasteiger partial charge in [-0.05, 0) is 50.3 Å². The molecule has 98 valence electrons. The first-order valence-corrected chi connectivity index (χ1v) is 9.74. The second-order valence-electron chi connectivity index (χ2n) is 5.64.